The Hall–Kier alpha value is -3.56. The van der Waals surface area contributed by atoms with E-state index in [-0.39, 0.29) is 17.3 Å². The van der Waals surface area contributed by atoms with Crippen LogP contribution in [-0.4, -0.2) is 15.9 Å². The third-order valence-electron chi connectivity index (χ3n) is 3.57. The second kappa shape index (κ2) is 7.59. The number of carbonyl (C=O) groups is 1. The second-order valence-electron chi connectivity index (χ2n) is 5.58. The number of halogens is 5. The van der Waals surface area contributed by atoms with Gasteiger partial charge in [-0.3, -0.25) is 4.79 Å². The van der Waals surface area contributed by atoms with Gasteiger partial charge in [-0.1, -0.05) is 6.07 Å². The van der Waals surface area contributed by atoms with E-state index in [1.54, 1.807) is 0 Å². The number of anilines is 3. The standard InChI is InChI=1S/C18H11F5N4O/c1-8-24-13(18(28)26-12-6-5-9(19)15(22)16(12)23)7-14(25-8)27-17-10(20)3-2-4-11(17)21/h2-7H,1H3,(H,26,28)(H,24,25,27). The van der Waals surface area contributed by atoms with Crippen LogP contribution >= 0.6 is 0 Å². The van der Waals surface area contributed by atoms with Crippen LogP contribution in [0.5, 0.6) is 0 Å². The fraction of sp³-hybridized carbons (Fsp3) is 0.0556. The Morgan fingerprint density at radius 1 is 0.893 bits per heavy atom. The van der Waals surface area contributed by atoms with Crippen LogP contribution < -0.4 is 10.6 Å². The molecule has 5 nitrogen and oxygen atoms in total. The van der Waals surface area contributed by atoms with Crippen molar-refractivity contribution in [2.45, 2.75) is 6.92 Å². The number of hydrogen-bond acceptors (Lipinski definition) is 4. The summed E-state index contributed by atoms with van der Waals surface area (Å²) in [7, 11) is 0. The molecule has 2 N–H and O–H groups in total. The molecule has 0 atom stereocenters. The number of para-hydroxylation sites is 1. The quantitative estimate of drug-likeness (QED) is 0.506. The molecule has 0 radical (unpaired) electrons. The molecule has 3 aromatic rings. The summed E-state index contributed by atoms with van der Waals surface area (Å²) in [5.74, 6) is -7.50. The lowest BCUT2D eigenvalue weighted by Gasteiger charge is -2.11. The molecule has 0 fully saturated rings. The Balaban J connectivity index is 1.89. The van der Waals surface area contributed by atoms with Crippen LogP contribution in [0.4, 0.5) is 39.1 Å². The van der Waals surface area contributed by atoms with Crippen LogP contribution in [0.3, 0.4) is 0 Å². The van der Waals surface area contributed by atoms with Crippen molar-refractivity contribution in [1.82, 2.24) is 9.97 Å². The molecule has 0 aliphatic heterocycles. The fourth-order valence-corrected chi connectivity index (χ4v) is 2.30. The van der Waals surface area contributed by atoms with E-state index in [0.29, 0.717) is 6.07 Å². The summed E-state index contributed by atoms with van der Waals surface area (Å²) >= 11 is 0. The summed E-state index contributed by atoms with van der Waals surface area (Å²) in [4.78, 5) is 20.1. The molecule has 1 amide bonds. The van der Waals surface area contributed by atoms with Crippen LogP contribution in [0.1, 0.15) is 16.3 Å². The SMILES string of the molecule is Cc1nc(Nc2c(F)cccc2F)cc(C(=O)Nc2ccc(F)c(F)c2F)n1. The molecule has 0 aliphatic carbocycles. The number of rotatable bonds is 4. The number of aryl methyl sites for hydroxylation is 1. The molecule has 0 bridgehead atoms. The summed E-state index contributed by atoms with van der Waals surface area (Å²) in [6, 6.07) is 5.78. The van der Waals surface area contributed by atoms with Crippen molar-refractivity contribution in [3.63, 3.8) is 0 Å². The number of nitrogens with zero attached hydrogens (tertiary/aromatic N) is 2. The molecule has 0 saturated carbocycles. The monoisotopic (exact) mass is 394 g/mol. The van der Waals surface area contributed by atoms with Crippen molar-refractivity contribution in [3.05, 3.63) is 77.0 Å². The molecule has 0 unspecified atom stereocenters. The van der Waals surface area contributed by atoms with E-state index < -0.39 is 46.4 Å². The normalized spacial score (nSPS) is 10.6. The van der Waals surface area contributed by atoms with E-state index in [4.69, 9.17) is 0 Å². The lowest BCUT2D eigenvalue weighted by molar-refractivity contribution is 0.102. The van der Waals surface area contributed by atoms with E-state index in [1.807, 2.05) is 5.32 Å². The van der Waals surface area contributed by atoms with Crippen molar-refractivity contribution in [2.75, 3.05) is 10.6 Å². The first-order valence-corrected chi connectivity index (χ1v) is 7.78. The minimum Gasteiger partial charge on any atom is -0.335 e. The first kappa shape index (κ1) is 19.2. The predicted octanol–water partition coefficient (Wildman–Crippen LogP) is 4.48. The largest absolute Gasteiger partial charge is 0.335 e. The lowest BCUT2D eigenvalue weighted by Crippen LogP contribution is -2.17. The lowest BCUT2D eigenvalue weighted by atomic mass is 10.2. The molecule has 144 valence electrons. The van der Waals surface area contributed by atoms with Crippen molar-refractivity contribution in [3.8, 4) is 0 Å². The smallest absolute Gasteiger partial charge is 0.274 e. The highest BCUT2D eigenvalue weighted by Crippen LogP contribution is 2.23. The molecular weight excluding hydrogens is 383 g/mol. The van der Waals surface area contributed by atoms with Crippen molar-refractivity contribution in [2.24, 2.45) is 0 Å². The van der Waals surface area contributed by atoms with Crippen LogP contribution in [-0.2, 0) is 0 Å². The number of aromatic nitrogens is 2. The van der Waals surface area contributed by atoms with Crippen molar-refractivity contribution >= 4 is 23.1 Å². The molecule has 28 heavy (non-hydrogen) atoms. The summed E-state index contributed by atoms with van der Waals surface area (Å²) in [6.07, 6.45) is 0. The summed E-state index contributed by atoms with van der Waals surface area (Å²) < 4.78 is 67.5. The molecular formula is C18H11F5N4O. The van der Waals surface area contributed by atoms with E-state index in [0.717, 1.165) is 24.3 Å². The van der Waals surface area contributed by atoms with Crippen LogP contribution in [0.2, 0.25) is 0 Å². The van der Waals surface area contributed by atoms with Gasteiger partial charge in [-0.2, -0.15) is 0 Å². The highest BCUT2D eigenvalue weighted by molar-refractivity contribution is 6.03. The molecule has 0 aliphatic rings. The van der Waals surface area contributed by atoms with Crippen LogP contribution in [0, 0.1) is 36.0 Å². The minimum absolute atomic E-state index is 0.0673. The van der Waals surface area contributed by atoms with E-state index in [2.05, 4.69) is 15.3 Å². The zero-order valence-electron chi connectivity index (χ0n) is 14.2. The molecule has 2 aromatic carbocycles. The predicted molar refractivity (Wildman–Crippen MR) is 90.7 cm³/mol. The topological polar surface area (TPSA) is 66.9 Å². The fourth-order valence-electron chi connectivity index (χ4n) is 2.30. The van der Waals surface area contributed by atoms with Gasteiger partial charge in [0.15, 0.2) is 17.5 Å². The van der Waals surface area contributed by atoms with E-state index in [1.165, 1.54) is 13.0 Å². The number of amides is 1. The van der Waals surface area contributed by atoms with Crippen LogP contribution in [0.15, 0.2) is 36.4 Å². The summed E-state index contributed by atoms with van der Waals surface area (Å²) in [6.45, 7) is 1.41. The zero-order chi connectivity index (χ0) is 20.4. The number of nitrogens with one attached hydrogen (secondary N) is 2. The maximum Gasteiger partial charge on any atom is 0.274 e. The second-order valence-corrected chi connectivity index (χ2v) is 5.58. The highest BCUT2D eigenvalue weighted by Gasteiger charge is 2.18. The van der Waals surface area contributed by atoms with Crippen LogP contribution in [0.25, 0.3) is 0 Å². The highest BCUT2D eigenvalue weighted by atomic mass is 19.2. The molecule has 10 heteroatoms. The summed E-state index contributed by atoms with van der Waals surface area (Å²) in [5, 5.41) is 4.45. The number of carbonyl (C=O) groups excluding carboxylic acids is 1. The Labute approximate surface area is 155 Å². The maximum atomic E-state index is 13.8. The van der Waals surface area contributed by atoms with Gasteiger partial charge in [0.1, 0.15) is 34.7 Å². The van der Waals surface area contributed by atoms with Crippen molar-refractivity contribution < 1.29 is 26.7 Å². The van der Waals surface area contributed by atoms with Gasteiger partial charge in [0.05, 0.1) is 5.69 Å². The van der Waals surface area contributed by atoms with Gasteiger partial charge in [0.2, 0.25) is 0 Å². The Kier molecular flexibility index (Phi) is 5.21. The maximum absolute atomic E-state index is 13.8. The molecule has 3 rings (SSSR count). The number of hydrogen-bond donors (Lipinski definition) is 2. The van der Waals surface area contributed by atoms with E-state index in [9.17, 15) is 26.7 Å². The molecule has 1 heterocycles. The Morgan fingerprint density at radius 3 is 2.25 bits per heavy atom. The molecule has 0 saturated heterocycles. The van der Waals surface area contributed by atoms with Gasteiger partial charge in [0.25, 0.3) is 5.91 Å². The first-order chi connectivity index (χ1) is 13.3. The number of benzene rings is 2. The van der Waals surface area contributed by atoms with Gasteiger partial charge in [-0.05, 0) is 31.2 Å². The molecule has 0 spiro atoms. The Bertz CT molecular complexity index is 1050. The van der Waals surface area contributed by atoms with Crippen molar-refractivity contribution in [1.29, 1.82) is 0 Å². The van der Waals surface area contributed by atoms with Gasteiger partial charge in [-0.25, -0.2) is 31.9 Å². The zero-order valence-corrected chi connectivity index (χ0v) is 14.2. The summed E-state index contributed by atoms with van der Waals surface area (Å²) in [5.41, 5.74) is -1.38. The van der Waals surface area contributed by atoms with Gasteiger partial charge < -0.3 is 10.6 Å². The average molecular weight is 394 g/mol. The third kappa shape index (κ3) is 3.90. The first-order valence-electron chi connectivity index (χ1n) is 7.78. The third-order valence-corrected chi connectivity index (χ3v) is 3.57. The minimum atomic E-state index is -1.74. The van der Waals surface area contributed by atoms with E-state index >= 15 is 0 Å². The molecule has 1 aromatic heterocycles. The van der Waals surface area contributed by atoms with Gasteiger partial charge in [0, 0.05) is 6.07 Å². The average Bonchev–Trinajstić information content (AvgIpc) is 2.65. The Morgan fingerprint density at radius 2 is 1.57 bits per heavy atom. The van der Waals surface area contributed by atoms with Gasteiger partial charge >= 0.3 is 0 Å². The van der Waals surface area contributed by atoms with Gasteiger partial charge in [-0.15, -0.1) is 0 Å².